The normalized spacial score (nSPS) is 12.9. The quantitative estimate of drug-likeness (QED) is 0.716. The minimum absolute atomic E-state index is 0.0954. The third kappa shape index (κ3) is 6.94. The van der Waals surface area contributed by atoms with Crippen LogP contribution in [0.2, 0.25) is 0 Å². The first-order valence-electron chi connectivity index (χ1n) is 6.11. The van der Waals surface area contributed by atoms with Crippen molar-refractivity contribution in [3.8, 4) is 0 Å². The van der Waals surface area contributed by atoms with Crippen molar-refractivity contribution in [3.63, 3.8) is 0 Å². The minimum atomic E-state index is -0.376. The fourth-order valence-corrected chi connectivity index (χ4v) is 1.38. The first-order valence-corrected chi connectivity index (χ1v) is 7.33. The monoisotopic (exact) mass is 261 g/mol. The standard InChI is InChI=1S/C13H27NO2S/c1-10(2)14-11(15)12(3,4)8-9-16-13(5,6)17-7/h10H,8-9H2,1-7H3,(H,14,15). The number of thioether (sulfide) groups is 1. The van der Waals surface area contributed by atoms with Gasteiger partial charge in [-0.2, -0.15) is 0 Å². The van der Waals surface area contributed by atoms with Gasteiger partial charge >= 0.3 is 0 Å². The SMILES string of the molecule is CSC(C)(C)OCCC(C)(C)C(=O)NC(C)C. The van der Waals surface area contributed by atoms with Gasteiger partial charge in [-0.3, -0.25) is 4.79 Å². The highest BCUT2D eigenvalue weighted by atomic mass is 32.2. The van der Waals surface area contributed by atoms with E-state index in [1.807, 2.05) is 47.8 Å². The van der Waals surface area contributed by atoms with Crippen LogP contribution in [-0.2, 0) is 9.53 Å². The lowest BCUT2D eigenvalue weighted by Gasteiger charge is -2.28. The number of rotatable bonds is 7. The summed E-state index contributed by atoms with van der Waals surface area (Å²) in [6.45, 7) is 12.5. The Balaban J connectivity index is 4.14. The molecule has 0 heterocycles. The van der Waals surface area contributed by atoms with Gasteiger partial charge in [-0.25, -0.2) is 0 Å². The number of carbonyl (C=O) groups excluding carboxylic acids is 1. The molecule has 0 saturated heterocycles. The molecule has 0 fully saturated rings. The molecule has 0 rings (SSSR count). The smallest absolute Gasteiger partial charge is 0.225 e. The summed E-state index contributed by atoms with van der Waals surface area (Å²) in [6, 6.07) is 0.185. The molecule has 4 heteroatoms. The average molecular weight is 261 g/mol. The van der Waals surface area contributed by atoms with Gasteiger partial charge in [0.2, 0.25) is 5.91 Å². The van der Waals surface area contributed by atoms with Gasteiger partial charge in [0.05, 0.1) is 0 Å². The second-order valence-corrected chi connectivity index (χ2v) is 7.11. The molecular weight excluding hydrogens is 234 g/mol. The van der Waals surface area contributed by atoms with Crippen molar-refractivity contribution in [1.29, 1.82) is 0 Å². The molecule has 0 spiro atoms. The van der Waals surface area contributed by atoms with E-state index < -0.39 is 0 Å². The zero-order valence-electron chi connectivity index (χ0n) is 12.2. The Labute approximate surface area is 110 Å². The second-order valence-electron chi connectivity index (χ2n) is 5.71. The van der Waals surface area contributed by atoms with E-state index in [2.05, 4.69) is 5.32 Å². The van der Waals surface area contributed by atoms with E-state index >= 15 is 0 Å². The van der Waals surface area contributed by atoms with E-state index in [0.29, 0.717) is 6.61 Å². The predicted molar refractivity (Wildman–Crippen MR) is 75.2 cm³/mol. The third-order valence-corrected chi connectivity index (χ3v) is 3.80. The zero-order chi connectivity index (χ0) is 13.7. The van der Waals surface area contributed by atoms with Crippen molar-refractivity contribution in [3.05, 3.63) is 0 Å². The van der Waals surface area contributed by atoms with Gasteiger partial charge in [-0.1, -0.05) is 13.8 Å². The number of amides is 1. The average Bonchev–Trinajstić information content (AvgIpc) is 2.16. The molecule has 0 aromatic carbocycles. The Bertz CT molecular complexity index is 250. The Kier molecular flexibility index (Phi) is 6.56. The Morgan fingerprint density at radius 2 is 1.82 bits per heavy atom. The molecule has 0 atom stereocenters. The van der Waals surface area contributed by atoms with Crippen molar-refractivity contribution < 1.29 is 9.53 Å². The number of hydrogen-bond acceptors (Lipinski definition) is 3. The molecule has 1 N–H and O–H groups in total. The van der Waals surface area contributed by atoms with E-state index in [1.165, 1.54) is 0 Å². The van der Waals surface area contributed by atoms with Gasteiger partial charge in [-0.05, 0) is 40.4 Å². The molecule has 3 nitrogen and oxygen atoms in total. The molecule has 102 valence electrons. The topological polar surface area (TPSA) is 38.3 Å². The highest BCUT2D eigenvalue weighted by Crippen LogP contribution is 2.26. The summed E-state index contributed by atoms with van der Waals surface area (Å²) in [4.78, 5) is 11.8. The summed E-state index contributed by atoms with van der Waals surface area (Å²) in [5, 5.41) is 2.94. The van der Waals surface area contributed by atoms with Gasteiger partial charge in [0.25, 0.3) is 0 Å². The Morgan fingerprint density at radius 1 is 1.29 bits per heavy atom. The van der Waals surface area contributed by atoms with Crippen LogP contribution in [0.3, 0.4) is 0 Å². The molecule has 17 heavy (non-hydrogen) atoms. The van der Waals surface area contributed by atoms with Crippen LogP contribution < -0.4 is 5.32 Å². The summed E-state index contributed by atoms with van der Waals surface area (Å²) in [6.07, 6.45) is 2.76. The maximum Gasteiger partial charge on any atom is 0.225 e. The van der Waals surface area contributed by atoms with Gasteiger partial charge in [0.1, 0.15) is 4.93 Å². The lowest BCUT2D eigenvalue weighted by molar-refractivity contribution is -0.131. The van der Waals surface area contributed by atoms with Crippen LogP contribution in [0.15, 0.2) is 0 Å². The molecule has 0 saturated carbocycles. The van der Waals surface area contributed by atoms with Crippen molar-refractivity contribution >= 4 is 17.7 Å². The number of hydrogen-bond donors (Lipinski definition) is 1. The summed E-state index contributed by atoms with van der Waals surface area (Å²) >= 11 is 1.67. The van der Waals surface area contributed by atoms with E-state index in [4.69, 9.17) is 4.74 Å². The Morgan fingerprint density at radius 3 is 2.24 bits per heavy atom. The first kappa shape index (κ1) is 16.8. The van der Waals surface area contributed by atoms with Crippen LogP contribution in [0, 0.1) is 5.41 Å². The molecule has 0 aromatic heterocycles. The van der Waals surface area contributed by atoms with Crippen molar-refractivity contribution in [2.24, 2.45) is 5.41 Å². The molecule has 0 aliphatic rings. The summed E-state index contributed by atoms with van der Waals surface area (Å²) in [7, 11) is 0. The molecule has 0 aromatic rings. The second kappa shape index (κ2) is 6.64. The van der Waals surface area contributed by atoms with Crippen molar-refractivity contribution in [2.45, 2.75) is 58.9 Å². The first-order chi connectivity index (χ1) is 7.60. The minimum Gasteiger partial charge on any atom is -0.365 e. The van der Waals surface area contributed by atoms with Crippen LogP contribution in [0.25, 0.3) is 0 Å². The fourth-order valence-electron chi connectivity index (χ4n) is 1.18. The molecule has 0 aliphatic heterocycles. The summed E-state index contributed by atoms with van der Waals surface area (Å²) in [5.41, 5.74) is -0.376. The zero-order valence-corrected chi connectivity index (χ0v) is 13.0. The third-order valence-electron chi connectivity index (χ3n) is 2.70. The molecule has 0 bridgehead atoms. The van der Waals surface area contributed by atoms with Gasteiger partial charge in [0.15, 0.2) is 0 Å². The largest absolute Gasteiger partial charge is 0.365 e. The lowest BCUT2D eigenvalue weighted by Crippen LogP contribution is -2.41. The summed E-state index contributed by atoms with van der Waals surface area (Å²) < 4.78 is 5.75. The van der Waals surface area contributed by atoms with Crippen LogP contribution in [-0.4, -0.2) is 29.7 Å². The fraction of sp³-hybridized carbons (Fsp3) is 0.923. The number of ether oxygens (including phenoxy) is 1. The van der Waals surface area contributed by atoms with Crippen LogP contribution in [0.1, 0.15) is 48.0 Å². The Hall–Kier alpha value is -0.220. The van der Waals surface area contributed by atoms with Crippen molar-refractivity contribution in [1.82, 2.24) is 5.32 Å². The van der Waals surface area contributed by atoms with E-state index in [0.717, 1.165) is 6.42 Å². The lowest BCUT2D eigenvalue weighted by atomic mass is 9.88. The molecule has 0 aliphatic carbocycles. The highest BCUT2D eigenvalue weighted by molar-refractivity contribution is 7.99. The maximum atomic E-state index is 11.9. The maximum absolute atomic E-state index is 11.9. The summed E-state index contributed by atoms with van der Waals surface area (Å²) in [5.74, 6) is 0.0954. The van der Waals surface area contributed by atoms with E-state index in [9.17, 15) is 4.79 Å². The van der Waals surface area contributed by atoms with Crippen LogP contribution >= 0.6 is 11.8 Å². The van der Waals surface area contributed by atoms with E-state index in [1.54, 1.807) is 11.8 Å². The van der Waals surface area contributed by atoms with Gasteiger partial charge in [0, 0.05) is 18.1 Å². The number of nitrogens with one attached hydrogen (secondary N) is 1. The molecule has 0 unspecified atom stereocenters. The van der Waals surface area contributed by atoms with Crippen molar-refractivity contribution in [2.75, 3.05) is 12.9 Å². The molecule has 1 amide bonds. The van der Waals surface area contributed by atoms with Gasteiger partial charge < -0.3 is 10.1 Å². The van der Waals surface area contributed by atoms with E-state index in [-0.39, 0.29) is 22.3 Å². The molecular formula is C13H27NO2S. The van der Waals surface area contributed by atoms with Crippen LogP contribution in [0.4, 0.5) is 0 Å². The van der Waals surface area contributed by atoms with Gasteiger partial charge in [-0.15, -0.1) is 11.8 Å². The predicted octanol–water partition coefficient (Wildman–Crippen LogP) is 3.04. The highest BCUT2D eigenvalue weighted by Gasteiger charge is 2.28. The van der Waals surface area contributed by atoms with Crippen LogP contribution in [0.5, 0.6) is 0 Å². The number of carbonyl (C=O) groups is 1. The molecule has 0 radical (unpaired) electrons.